The number of fused-ring (bicyclic) bond motifs is 3. The summed E-state index contributed by atoms with van der Waals surface area (Å²) in [5.74, 6) is 0.938. The van der Waals surface area contributed by atoms with E-state index in [1.807, 2.05) is 53.1 Å². The first-order valence-corrected chi connectivity index (χ1v) is 10.3. The van der Waals surface area contributed by atoms with Crippen molar-refractivity contribution in [3.8, 4) is 5.75 Å². The number of imidazole rings is 1. The van der Waals surface area contributed by atoms with Crippen LogP contribution < -0.4 is 10.5 Å². The van der Waals surface area contributed by atoms with Gasteiger partial charge in [0, 0.05) is 11.5 Å². The lowest BCUT2D eigenvalue weighted by Gasteiger charge is -2.20. The van der Waals surface area contributed by atoms with Gasteiger partial charge in [0.15, 0.2) is 5.82 Å². The minimum atomic E-state index is -1.04. The number of carbonyl (C=O) groups excluding carboxylic acids is 1. The minimum Gasteiger partial charge on any atom is -0.489 e. The summed E-state index contributed by atoms with van der Waals surface area (Å²) in [6.07, 6.45) is -0.0412. The Morgan fingerprint density at radius 2 is 1.91 bits per heavy atom. The van der Waals surface area contributed by atoms with Gasteiger partial charge in [-0.25, -0.2) is 9.97 Å². The number of nitrogen functional groups attached to an aromatic ring is 1. The smallest absolute Gasteiger partial charge is 0.313 e. The van der Waals surface area contributed by atoms with Crippen LogP contribution >= 0.6 is 0 Å². The number of carbonyl (C=O) groups is 1. The third-order valence-electron chi connectivity index (χ3n) is 5.08. The molecule has 8 heteroatoms. The normalized spacial score (nSPS) is 11.8. The molecule has 2 aromatic heterocycles. The Morgan fingerprint density at radius 1 is 1.16 bits per heavy atom. The summed E-state index contributed by atoms with van der Waals surface area (Å²) in [5, 5.41) is 11.3. The molecular weight excluding hydrogens is 408 g/mol. The second kappa shape index (κ2) is 8.47. The largest absolute Gasteiger partial charge is 0.489 e. The highest BCUT2D eigenvalue weighted by atomic mass is 16.5. The van der Waals surface area contributed by atoms with Crippen LogP contribution in [0.25, 0.3) is 21.9 Å². The number of hydrogen-bond acceptors (Lipinski definition) is 7. The molecule has 0 aliphatic heterocycles. The molecule has 8 nitrogen and oxygen atoms in total. The highest BCUT2D eigenvalue weighted by molar-refractivity contribution is 6.07. The number of nitrogens with two attached hydrogens (primary N) is 1. The monoisotopic (exact) mass is 434 g/mol. The van der Waals surface area contributed by atoms with Gasteiger partial charge in [-0.05, 0) is 31.5 Å². The first-order valence-electron chi connectivity index (χ1n) is 10.3. The van der Waals surface area contributed by atoms with Crippen LogP contribution in [0.3, 0.4) is 0 Å². The summed E-state index contributed by atoms with van der Waals surface area (Å²) < 4.78 is 12.6. The number of aliphatic hydroxyl groups is 1. The van der Waals surface area contributed by atoms with Crippen molar-refractivity contribution in [2.45, 2.75) is 39.0 Å². The molecule has 0 fully saturated rings. The third-order valence-corrected chi connectivity index (χ3v) is 5.08. The Bertz CT molecular complexity index is 1280. The molecule has 0 saturated carbocycles. The van der Waals surface area contributed by atoms with Gasteiger partial charge in [0.1, 0.15) is 30.1 Å². The SMILES string of the molecule is COC(=O)Cc1nc2c(N)nc3cc(OCc4ccccc4)ccc3c2n1CC(C)(C)O. The standard InChI is InChI=1S/C24H26N4O4/c1-24(2,30)14-28-19(12-20(29)31-3)27-21-22(28)17-10-9-16(11-18(17)26-23(21)25)32-13-15-7-5-4-6-8-15/h4-11,30H,12-14H2,1-3H3,(H2,25,26). The third kappa shape index (κ3) is 4.50. The molecule has 0 amide bonds. The van der Waals surface area contributed by atoms with Gasteiger partial charge in [-0.1, -0.05) is 30.3 Å². The fourth-order valence-corrected chi connectivity index (χ4v) is 3.66. The molecule has 2 heterocycles. The highest BCUT2D eigenvalue weighted by Crippen LogP contribution is 2.32. The van der Waals surface area contributed by atoms with E-state index in [1.54, 1.807) is 13.8 Å². The van der Waals surface area contributed by atoms with E-state index in [2.05, 4.69) is 9.97 Å². The lowest BCUT2D eigenvalue weighted by molar-refractivity contribution is -0.140. The van der Waals surface area contributed by atoms with Crippen LogP contribution in [0.2, 0.25) is 0 Å². The van der Waals surface area contributed by atoms with Gasteiger partial charge in [0.05, 0.1) is 30.3 Å². The zero-order valence-corrected chi connectivity index (χ0v) is 18.3. The zero-order valence-electron chi connectivity index (χ0n) is 18.3. The van der Waals surface area contributed by atoms with Crippen molar-refractivity contribution in [1.29, 1.82) is 0 Å². The predicted octanol–water partition coefficient (Wildman–Crippen LogP) is 3.23. The number of nitrogens with zero attached hydrogens (tertiary/aromatic N) is 3. The number of aromatic nitrogens is 3. The Kier molecular flexibility index (Phi) is 5.71. The maximum atomic E-state index is 12.0. The van der Waals surface area contributed by atoms with E-state index in [0.717, 1.165) is 10.9 Å². The number of methoxy groups -OCH3 is 1. The number of pyridine rings is 1. The molecular formula is C24H26N4O4. The molecule has 2 aromatic carbocycles. The molecule has 166 valence electrons. The van der Waals surface area contributed by atoms with E-state index >= 15 is 0 Å². The molecule has 0 saturated heterocycles. The molecule has 0 aliphatic rings. The van der Waals surface area contributed by atoms with Crippen LogP contribution in [0.1, 0.15) is 25.2 Å². The molecule has 0 atom stereocenters. The van der Waals surface area contributed by atoms with Crippen molar-refractivity contribution in [2.75, 3.05) is 12.8 Å². The van der Waals surface area contributed by atoms with Crippen LogP contribution in [0.4, 0.5) is 5.82 Å². The number of esters is 1. The maximum absolute atomic E-state index is 12.0. The van der Waals surface area contributed by atoms with Gasteiger partial charge < -0.3 is 24.9 Å². The first-order chi connectivity index (χ1) is 15.2. The summed E-state index contributed by atoms with van der Waals surface area (Å²) in [6, 6.07) is 15.5. The highest BCUT2D eigenvalue weighted by Gasteiger charge is 2.24. The molecule has 0 aliphatic carbocycles. The Hall–Kier alpha value is -3.65. The number of anilines is 1. The van der Waals surface area contributed by atoms with Gasteiger partial charge >= 0.3 is 5.97 Å². The van der Waals surface area contributed by atoms with Crippen molar-refractivity contribution in [3.63, 3.8) is 0 Å². The number of benzene rings is 2. The molecule has 0 spiro atoms. The van der Waals surface area contributed by atoms with E-state index in [-0.39, 0.29) is 18.8 Å². The molecule has 0 bridgehead atoms. The summed E-state index contributed by atoms with van der Waals surface area (Å²) in [4.78, 5) is 21.0. The minimum absolute atomic E-state index is 0.0412. The Labute approximate surface area is 185 Å². The molecule has 0 radical (unpaired) electrons. The van der Waals surface area contributed by atoms with E-state index < -0.39 is 11.6 Å². The topological polar surface area (TPSA) is 112 Å². The fourth-order valence-electron chi connectivity index (χ4n) is 3.66. The molecule has 3 N–H and O–H groups in total. The maximum Gasteiger partial charge on any atom is 0.313 e. The lowest BCUT2D eigenvalue weighted by atomic mass is 10.1. The van der Waals surface area contributed by atoms with E-state index in [9.17, 15) is 9.90 Å². The second-order valence-electron chi connectivity index (χ2n) is 8.33. The van der Waals surface area contributed by atoms with Gasteiger partial charge in [-0.3, -0.25) is 4.79 Å². The van der Waals surface area contributed by atoms with E-state index in [1.165, 1.54) is 7.11 Å². The van der Waals surface area contributed by atoms with Crippen LogP contribution in [0, 0.1) is 0 Å². The Balaban J connectivity index is 1.80. The van der Waals surface area contributed by atoms with Gasteiger partial charge in [0.2, 0.25) is 0 Å². The lowest BCUT2D eigenvalue weighted by Crippen LogP contribution is -2.27. The quantitative estimate of drug-likeness (QED) is 0.429. The van der Waals surface area contributed by atoms with Gasteiger partial charge in [0.25, 0.3) is 0 Å². The molecule has 32 heavy (non-hydrogen) atoms. The van der Waals surface area contributed by atoms with Crippen LogP contribution in [0.15, 0.2) is 48.5 Å². The van der Waals surface area contributed by atoms with Crippen molar-refractivity contribution in [1.82, 2.24) is 14.5 Å². The van der Waals surface area contributed by atoms with Crippen LogP contribution in [-0.2, 0) is 29.1 Å². The fraction of sp³-hybridized carbons (Fsp3) is 0.292. The summed E-state index contributed by atoms with van der Waals surface area (Å²) in [5.41, 5.74) is 8.10. The summed E-state index contributed by atoms with van der Waals surface area (Å²) in [6.45, 7) is 4.05. The van der Waals surface area contributed by atoms with Crippen molar-refractivity contribution < 1.29 is 19.4 Å². The molecule has 0 unspecified atom stereocenters. The Morgan fingerprint density at radius 3 is 2.59 bits per heavy atom. The number of rotatable bonds is 7. The average molecular weight is 434 g/mol. The number of hydrogen-bond donors (Lipinski definition) is 2. The van der Waals surface area contributed by atoms with Crippen molar-refractivity contribution in [2.24, 2.45) is 0 Å². The summed E-state index contributed by atoms with van der Waals surface area (Å²) >= 11 is 0. The molecule has 4 rings (SSSR count). The van der Waals surface area contributed by atoms with Crippen LogP contribution in [-0.4, -0.2) is 38.3 Å². The van der Waals surface area contributed by atoms with E-state index in [4.69, 9.17) is 15.2 Å². The second-order valence-corrected chi connectivity index (χ2v) is 8.33. The van der Waals surface area contributed by atoms with E-state index in [0.29, 0.717) is 34.7 Å². The zero-order chi connectivity index (χ0) is 22.9. The number of ether oxygens (including phenoxy) is 2. The van der Waals surface area contributed by atoms with Gasteiger partial charge in [-0.2, -0.15) is 0 Å². The average Bonchev–Trinajstić information content (AvgIpc) is 3.10. The first kappa shape index (κ1) is 21.6. The van der Waals surface area contributed by atoms with Crippen LogP contribution in [0.5, 0.6) is 5.75 Å². The molecule has 4 aromatic rings. The van der Waals surface area contributed by atoms with Crippen molar-refractivity contribution in [3.05, 3.63) is 59.9 Å². The summed E-state index contributed by atoms with van der Waals surface area (Å²) in [7, 11) is 1.33. The predicted molar refractivity (Wildman–Crippen MR) is 122 cm³/mol. The van der Waals surface area contributed by atoms with Crippen molar-refractivity contribution >= 4 is 33.7 Å². The van der Waals surface area contributed by atoms with Gasteiger partial charge in [-0.15, -0.1) is 0 Å².